The van der Waals surface area contributed by atoms with Crippen LogP contribution in [0, 0.1) is 6.92 Å². The van der Waals surface area contributed by atoms with Crippen molar-refractivity contribution < 1.29 is 4.74 Å². The quantitative estimate of drug-likeness (QED) is 0.761. The zero-order valence-corrected chi connectivity index (χ0v) is 11.1. The van der Waals surface area contributed by atoms with Gasteiger partial charge in [0.2, 0.25) is 5.95 Å². The molecule has 17 heavy (non-hydrogen) atoms. The van der Waals surface area contributed by atoms with Gasteiger partial charge in [-0.2, -0.15) is 4.98 Å². The number of ether oxygens (including phenoxy) is 1. The molecular weight excluding hydrogens is 216 g/mol. The van der Waals surface area contributed by atoms with Crippen molar-refractivity contribution in [1.82, 2.24) is 9.97 Å². The standard InChI is InChI=1S/C12H22N4O/c1-5-6-13-12-14-7-9(2)11(16-12)15-10(3)8-17-4/h7,10H,5-6,8H2,1-4H3,(H2,13,14,15,16). The Morgan fingerprint density at radius 3 is 2.88 bits per heavy atom. The summed E-state index contributed by atoms with van der Waals surface area (Å²) in [5, 5.41) is 6.49. The van der Waals surface area contributed by atoms with Crippen molar-refractivity contribution in [1.29, 1.82) is 0 Å². The van der Waals surface area contributed by atoms with E-state index in [1.807, 2.05) is 13.1 Å². The lowest BCUT2D eigenvalue weighted by Gasteiger charge is -2.15. The third-order valence-corrected chi connectivity index (χ3v) is 2.30. The van der Waals surface area contributed by atoms with Crippen molar-refractivity contribution in [3.63, 3.8) is 0 Å². The molecule has 1 heterocycles. The number of aryl methyl sites for hydroxylation is 1. The molecule has 0 radical (unpaired) electrons. The van der Waals surface area contributed by atoms with Gasteiger partial charge in [0, 0.05) is 31.5 Å². The molecule has 5 heteroatoms. The zero-order chi connectivity index (χ0) is 12.7. The van der Waals surface area contributed by atoms with Crippen molar-refractivity contribution >= 4 is 11.8 Å². The Bertz CT molecular complexity index is 343. The first-order valence-corrected chi connectivity index (χ1v) is 6.00. The number of nitrogens with one attached hydrogen (secondary N) is 2. The molecule has 0 aliphatic rings. The molecule has 0 aromatic carbocycles. The summed E-state index contributed by atoms with van der Waals surface area (Å²) >= 11 is 0. The fourth-order valence-corrected chi connectivity index (χ4v) is 1.44. The van der Waals surface area contributed by atoms with Crippen LogP contribution in [0.1, 0.15) is 25.8 Å². The molecule has 0 saturated carbocycles. The average molecular weight is 238 g/mol. The fraction of sp³-hybridized carbons (Fsp3) is 0.667. The molecule has 1 unspecified atom stereocenters. The first kappa shape index (κ1) is 13.7. The van der Waals surface area contributed by atoms with Gasteiger partial charge in [0.1, 0.15) is 5.82 Å². The monoisotopic (exact) mass is 238 g/mol. The van der Waals surface area contributed by atoms with Gasteiger partial charge in [-0.3, -0.25) is 0 Å². The highest BCUT2D eigenvalue weighted by atomic mass is 16.5. The normalized spacial score (nSPS) is 12.2. The number of nitrogens with zero attached hydrogens (tertiary/aromatic N) is 2. The van der Waals surface area contributed by atoms with Crippen LogP contribution < -0.4 is 10.6 Å². The van der Waals surface area contributed by atoms with E-state index >= 15 is 0 Å². The molecule has 0 fully saturated rings. The van der Waals surface area contributed by atoms with Crippen molar-refractivity contribution in [2.45, 2.75) is 33.2 Å². The summed E-state index contributed by atoms with van der Waals surface area (Å²) < 4.78 is 5.09. The number of rotatable bonds is 7. The largest absolute Gasteiger partial charge is 0.383 e. The molecule has 0 bridgehead atoms. The van der Waals surface area contributed by atoms with Crippen LogP contribution in [-0.2, 0) is 4.74 Å². The van der Waals surface area contributed by atoms with Crippen molar-refractivity contribution in [2.75, 3.05) is 30.9 Å². The SMILES string of the molecule is CCCNc1ncc(C)c(NC(C)COC)n1. The van der Waals surface area contributed by atoms with Crippen LogP contribution in [0.15, 0.2) is 6.20 Å². The van der Waals surface area contributed by atoms with Crippen LogP contribution >= 0.6 is 0 Å². The van der Waals surface area contributed by atoms with Gasteiger partial charge in [-0.1, -0.05) is 6.92 Å². The number of anilines is 2. The van der Waals surface area contributed by atoms with E-state index in [2.05, 4.69) is 34.4 Å². The second-order valence-electron chi connectivity index (χ2n) is 4.15. The summed E-state index contributed by atoms with van der Waals surface area (Å²) in [6.07, 6.45) is 2.88. The zero-order valence-electron chi connectivity index (χ0n) is 11.1. The molecule has 5 nitrogen and oxygen atoms in total. The first-order valence-electron chi connectivity index (χ1n) is 6.00. The smallest absolute Gasteiger partial charge is 0.224 e. The van der Waals surface area contributed by atoms with Crippen LogP contribution in [0.2, 0.25) is 0 Å². The summed E-state index contributed by atoms with van der Waals surface area (Å²) in [4.78, 5) is 8.68. The maximum Gasteiger partial charge on any atom is 0.224 e. The number of hydrogen-bond acceptors (Lipinski definition) is 5. The Hall–Kier alpha value is -1.36. The van der Waals surface area contributed by atoms with Crippen LogP contribution in [0.25, 0.3) is 0 Å². The predicted molar refractivity (Wildman–Crippen MR) is 70.5 cm³/mol. The van der Waals surface area contributed by atoms with E-state index in [-0.39, 0.29) is 6.04 Å². The fourth-order valence-electron chi connectivity index (χ4n) is 1.44. The number of methoxy groups -OCH3 is 1. The highest BCUT2D eigenvalue weighted by molar-refractivity contribution is 5.46. The Kier molecular flexibility index (Phi) is 5.69. The number of hydrogen-bond donors (Lipinski definition) is 2. The number of aromatic nitrogens is 2. The highest BCUT2D eigenvalue weighted by Gasteiger charge is 2.07. The molecule has 0 aliphatic carbocycles. The van der Waals surface area contributed by atoms with Crippen LogP contribution in [0.3, 0.4) is 0 Å². The van der Waals surface area contributed by atoms with Gasteiger partial charge in [0.15, 0.2) is 0 Å². The molecule has 1 rings (SSSR count). The van der Waals surface area contributed by atoms with Gasteiger partial charge in [-0.25, -0.2) is 4.98 Å². The Morgan fingerprint density at radius 1 is 1.47 bits per heavy atom. The van der Waals surface area contributed by atoms with Gasteiger partial charge in [-0.15, -0.1) is 0 Å². The van der Waals surface area contributed by atoms with Crippen LogP contribution in [-0.4, -0.2) is 36.3 Å². The van der Waals surface area contributed by atoms with E-state index in [1.54, 1.807) is 7.11 Å². The minimum absolute atomic E-state index is 0.229. The summed E-state index contributed by atoms with van der Waals surface area (Å²) in [5.41, 5.74) is 1.04. The maximum atomic E-state index is 5.09. The molecule has 0 spiro atoms. The molecule has 1 atom stereocenters. The lowest BCUT2D eigenvalue weighted by atomic mass is 10.3. The molecule has 1 aromatic heterocycles. The van der Waals surface area contributed by atoms with Crippen LogP contribution in [0.4, 0.5) is 11.8 Å². The summed E-state index contributed by atoms with van der Waals surface area (Å²) in [6.45, 7) is 7.70. The molecule has 1 aromatic rings. The lowest BCUT2D eigenvalue weighted by Crippen LogP contribution is -2.22. The second-order valence-corrected chi connectivity index (χ2v) is 4.15. The first-order chi connectivity index (χ1) is 8.17. The summed E-state index contributed by atoms with van der Waals surface area (Å²) in [7, 11) is 1.69. The van der Waals surface area contributed by atoms with E-state index in [1.165, 1.54) is 0 Å². The molecule has 0 saturated heterocycles. The van der Waals surface area contributed by atoms with E-state index in [0.29, 0.717) is 12.6 Å². The van der Waals surface area contributed by atoms with Gasteiger partial charge in [-0.05, 0) is 20.3 Å². The van der Waals surface area contributed by atoms with Gasteiger partial charge in [0.05, 0.1) is 6.61 Å². The molecule has 0 amide bonds. The van der Waals surface area contributed by atoms with Crippen molar-refractivity contribution in [3.05, 3.63) is 11.8 Å². The third-order valence-electron chi connectivity index (χ3n) is 2.30. The van der Waals surface area contributed by atoms with Gasteiger partial charge < -0.3 is 15.4 Å². The van der Waals surface area contributed by atoms with Crippen LogP contribution in [0.5, 0.6) is 0 Å². The third kappa shape index (κ3) is 4.56. The summed E-state index contributed by atoms with van der Waals surface area (Å²) in [5.74, 6) is 1.53. The maximum absolute atomic E-state index is 5.09. The Morgan fingerprint density at radius 2 is 2.24 bits per heavy atom. The van der Waals surface area contributed by atoms with E-state index in [9.17, 15) is 0 Å². The van der Waals surface area contributed by atoms with Crippen molar-refractivity contribution in [2.24, 2.45) is 0 Å². The lowest BCUT2D eigenvalue weighted by molar-refractivity contribution is 0.190. The van der Waals surface area contributed by atoms with Gasteiger partial charge >= 0.3 is 0 Å². The average Bonchev–Trinajstić information content (AvgIpc) is 2.30. The molecule has 96 valence electrons. The second kappa shape index (κ2) is 7.06. The Balaban J connectivity index is 2.68. The van der Waals surface area contributed by atoms with E-state index < -0.39 is 0 Å². The minimum Gasteiger partial charge on any atom is -0.383 e. The van der Waals surface area contributed by atoms with E-state index in [4.69, 9.17) is 4.74 Å². The molecular formula is C12H22N4O. The predicted octanol–water partition coefficient (Wildman–Crippen LogP) is 2.05. The molecule has 0 aliphatic heterocycles. The van der Waals surface area contributed by atoms with E-state index in [0.717, 1.165) is 24.3 Å². The molecule has 2 N–H and O–H groups in total. The topological polar surface area (TPSA) is 59.1 Å². The Labute approximate surface area is 103 Å². The minimum atomic E-state index is 0.229. The van der Waals surface area contributed by atoms with Gasteiger partial charge in [0.25, 0.3) is 0 Å². The highest BCUT2D eigenvalue weighted by Crippen LogP contribution is 2.13. The van der Waals surface area contributed by atoms with Crippen molar-refractivity contribution in [3.8, 4) is 0 Å². The summed E-state index contributed by atoms with van der Waals surface area (Å²) in [6, 6.07) is 0.229.